The first-order valence-electron chi connectivity index (χ1n) is 7.74. The fourth-order valence-electron chi connectivity index (χ4n) is 2.84. The lowest BCUT2D eigenvalue weighted by Gasteiger charge is -2.37. The van der Waals surface area contributed by atoms with Crippen LogP contribution in [0.4, 0.5) is 11.5 Å². The summed E-state index contributed by atoms with van der Waals surface area (Å²) in [5.74, 6) is 0.587. The van der Waals surface area contributed by atoms with Crippen LogP contribution in [0, 0.1) is 13.8 Å². The van der Waals surface area contributed by atoms with Gasteiger partial charge in [0.15, 0.2) is 0 Å². The number of rotatable bonds is 3. The molecule has 2 heterocycles. The summed E-state index contributed by atoms with van der Waals surface area (Å²) in [5.41, 5.74) is 8.84. The average molecular weight is 311 g/mol. The van der Waals surface area contributed by atoms with Crippen LogP contribution in [0.1, 0.15) is 21.7 Å². The Morgan fingerprint density at radius 3 is 2.26 bits per heavy atom. The van der Waals surface area contributed by atoms with Crippen LogP contribution in [-0.2, 0) is 0 Å². The number of benzene rings is 1. The molecule has 1 amide bonds. The molecule has 0 saturated carbocycles. The van der Waals surface area contributed by atoms with Crippen LogP contribution in [-0.4, -0.2) is 42.1 Å². The van der Waals surface area contributed by atoms with Gasteiger partial charge >= 0.3 is 0 Å². The van der Waals surface area contributed by atoms with Gasteiger partial charge in [-0.15, -0.1) is 0 Å². The number of hydrogen-bond acceptors (Lipinski definition) is 5. The van der Waals surface area contributed by atoms with Crippen molar-refractivity contribution >= 4 is 17.4 Å². The van der Waals surface area contributed by atoms with E-state index in [1.807, 2.05) is 26.0 Å². The van der Waals surface area contributed by atoms with Gasteiger partial charge in [-0.2, -0.15) is 0 Å². The first kappa shape index (κ1) is 15.3. The van der Waals surface area contributed by atoms with Crippen molar-refractivity contribution in [2.24, 2.45) is 5.73 Å². The molecule has 0 radical (unpaired) electrons. The number of amides is 1. The Morgan fingerprint density at radius 2 is 1.65 bits per heavy atom. The van der Waals surface area contributed by atoms with Crippen molar-refractivity contribution in [1.82, 2.24) is 9.97 Å². The molecular formula is C17H21N5O. The predicted octanol–water partition coefficient (Wildman–Crippen LogP) is 1.52. The summed E-state index contributed by atoms with van der Waals surface area (Å²) in [5, 5.41) is 0. The largest absolute Gasteiger partial charge is 0.368 e. The summed E-state index contributed by atoms with van der Waals surface area (Å²) < 4.78 is 0. The molecule has 1 saturated heterocycles. The molecule has 0 atom stereocenters. The minimum Gasteiger partial charge on any atom is -0.368 e. The lowest BCUT2D eigenvalue weighted by atomic mass is 10.1. The van der Waals surface area contributed by atoms with Crippen molar-refractivity contribution in [2.45, 2.75) is 13.8 Å². The SMILES string of the molecule is Cc1cnc(C)c(N2CCN(c3ccc(C(N)=O)cc3)CC2)n1. The van der Waals surface area contributed by atoms with Crippen molar-refractivity contribution in [3.8, 4) is 0 Å². The van der Waals surface area contributed by atoms with E-state index in [-0.39, 0.29) is 0 Å². The first-order valence-corrected chi connectivity index (χ1v) is 7.74. The minimum absolute atomic E-state index is 0.394. The number of hydrogen-bond donors (Lipinski definition) is 1. The molecule has 2 N–H and O–H groups in total. The van der Waals surface area contributed by atoms with Crippen molar-refractivity contribution in [3.05, 3.63) is 47.4 Å². The van der Waals surface area contributed by atoms with Gasteiger partial charge in [0.05, 0.1) is 11.4 Å². The van der Waals surface area contributed by atoms with Crippen LogP contribution in [0.3, 0.4) is 0 Å². The summed E-state index contributed by atoms with van der Waals surface area (Å²) in [6, 6.07) is 7.46. The lowest BCUT2D eigenvalue weighted by molar-refractivity contribution is 0.100. The molecule has 3 rings (SSSR count). The molecule has 6 nitrogen and oxygen atoms in total. The van der Waals surface area contributed by atoms with Crippen LogP contribution in [0.5, 0.6) is 0 Å². The molecule has 0 aliphatic carbocycles. The fourth-order valence-corrected chi connectivity index (χ4v) is 2.84. The first-order chi connectivity index (χ1) is 11.0. The zero-order valence-electron chi connectivity index (χ0n) is 13.5. The van der Waals surface area contributed by atoms with Crippen molar-refractivity contribution in [1.29, 1.82) is 0 Å². The van der Waals surface area contributed by atoms with Gasteiger partial charge in [-0.25, -0.2) is 4.98 Å². The van der Waals surface area contributed by atoms with Crippen LogP contribution >= 0.6 is 0 Å². The van der Waals surface area contributed by atoms with E-state index in [0.717, 1.165) is 49.1 Å². The van der Waals surface area contributed by atoms with Crippen LogP contribution < -0.4 is 15.5 Å². The highest BCUT2D eigenvalue weighted by Gasteiger charge is 2.20. The van der Waals surface area contributed by atoms with Gasteiger partial charge in [-0.3, -0.25) is 9.78 Å². The summed E-state index contributed by atoms with van der Waals surface area (Å²) in [7, 11) is 0. The zero-order valence-corrected chi connectivity index (χ0v) is 13.5. The maximum Gasteiger partial charge on any atom is 0.248 e. The van der Waals surface area contributed by atoms with Crippen molar-refractivity contribution in [3.63, 3.8) is 0 Å². The van der Waals surface area contributed by atoms with Gasteiger partial charge in [0.25, 0.3) is 0 Å². The maximum atomic E-state index is 11.1. The number of carbonyl (C=O) groups excluding carboxylic acids is 1. The van der Waals surface area contributed by atoms with Crippen LogP contribution in [0.15, 0.2) is 30.5 Å². The van der Waals surface area contributed by atoms with Gasteiger partial charge in [0.2, 0.25) is 5.91 Å². The number of piperazine rings is 1. The third-order valence-electron chi connectivity index (χ3n) is 4.15. The normalized spacial score (nSPS) is 14.9. The molecule has 1 aromatic heterocycles. The van der Waals surface area contributed by atoms with Gasteiger partial charge in [0, 0.05) is 43.6 Å². The van der Waals surface area contributed by atoms with Gasteiger partial charge in [0.1, 0.15) is 5.82 Å². The molecular weight excluding hydrogens is 290 g/mol. The van der Waals surface area contributed by atoms with Crippen molar-refractivity contribution in [2.75, 3.05) is 36.0 Å². The molecule has 0 unspecified atom stereocenters. The second kappa shape index (κ2) is 6.24. The number of carbonyl (C=O) groups is 1. The quantitative estimate of drug-likeness (QED) is 0.930. The summed E-state index contributed by atoms with van der Waals surface area (Å²) >= 11 is 0. The van der Waals surface area contributed by atoms with Crippen LogP contribution in [0.25, 0.3) is 0 Å². The number of aromatic nitrogens is 2. The number of nitrogens with zero attached hydrogens (tertiary/aromatic N) is 4. The fraction of sp³-hybridized carbons (Fsp3) is 0.353. The Hall–Kier alpha value is -2.63. The van der Waals surface area contributed by atoms with E-state index in [1.54, 1.807) is 18.3 Å². The molecule has 0 bridgehead atoms. The smallest absolute Gasteiger partial charge is 0.248 e. The van der Waals surface area contributed by atoms with E-state index in [2.05, 4.69) is 19.8 Å². The maximum absolute atomic E-state index is 11.1. The van der Waals surface area contributed by atoms with Gasteiger partial charge in [-0.05, 0) is 38.1 Å². The summed E-state index contributed by atoms with van der Waals surface area (Å²) in [6.07, 6.45) is 1.80. The Bertz CT molecular complexity index is 705. The topological polar surface area (TPSA) is 75.3 Å². The standard InChI is InChI=1S/C17H21N5O/c1-12-11-19-13(2)17(20-12)22-9-7-21(8-10-22)15-5-3-14(4-6-15)16(18)23/h3-6,11H,7-10H2,1-2H3,(H2,18,23). The Labute approximate surface area is 135 Å². The molecule has 1 aliphatic heterocycles. The molecule has 1 aliphatic rings. The highest BCUT2D eigenvalue weighted by Crippen LogP contribution is 2.21. The lowest BCUT2D eigenvalue weighted by Crippen LogP contribution is -2.47. The Kier molecular flexibility index (Phi) is 4.14. The molecule has 23 heavy (non-hydrogen) atoms. The third kappa shape index (κ3) is 3.26. The van der Waals surface area contributed by atoms with Gasteiger partial charge < -0.3 is 15.5 Å². The predicted molar refractivity (Wildman–Crippen MR) is 90.9 cm³/mol. The minimum atomic E-state index is -0.394. The third-order valence-corrected chi connectivity index (χ3v) is 4.15. The number of primary amides is 1. The second-order valence-electron chi connectivity index (χ2n) is 5.81. The van der Waals surface area contributed by atoms with E-state index in [1.165, 1.54) is 0 Å². The monoisotopic (exact) mass is 311 g/mol. The van der Waals surface area contributed by atoms with Crippen LogP contribution in [0.2, 0.25) is 0 Å². The summed E-state index contributed by atoms with van der Waals surface area (Å²) in [6.45, 7) is 7.58. The number of aryl methyl sites for hydroxylation is 2. The molecule has 1 fully saturated rings. The summed E-state index contributed by atoms with van der Waals surface area (Å²) in [4.78, 5) is 24.7. The Morgan fingerprint density at radius 1 is 1.04 bits per heavy atom. The van der Waals surface area contributed by atoms with E-state index >= 15 is 0 Å². The van der Waals surface area contributed by atoms with Crippen molar-refractivity contribution < 1.29 is 4.79 Å². The van der Waals surface area contributed by atoms with E-state index in [4.69, 9.17) is 5.73 Å². The molecule has 6 heteroatoms. The second-order valence-corrected chi connectivity index (χ2v) is 5.81. The number of nitrogens with two attached hydrogens (primary N) is 1. The number of anilines is 2. The highest BCUT2D eigenvalue weighted by atomic mass is 16.1. The molecule has 0 spiro atoms. The van der Waals surface area contributed by atoms with E-state index in [9.17, 15) is 4.79 Å². The highest BCUT2D eigenvalue weighted by molar-refractivity contribution is 5.93. The van der Waals surface area contributed by atoms with E-state index < -0.39 is 5.91 Å². The Balaban J connectivity index is 1.68. The van der Waals surface area contributed by atoms with Gasteiger partial charge in [-0.1, -0.05) is 0 Å². The average Bonchev–Trinajstić information content (AvgIpc) is 2.57. The zero-order chi connectivity index (χ0) is 16.4. The molecule has 2 aromatic rings. The molecule has 120 valence electrons. The molecule has 1 aromatic carbocycles. The van der Waals surface area contributed by atoms with E-state index in [0.29, 0.717) is 5.56 Å².